The van der Waals surface area contributed by atoms with Gasteiger partial charge < -0.3 is 14.8 Å². The first-order valence-electron chi connectivity index (χ1n) is 9.45. The number of ether oxygens (including phenoxy) is 2. The summed E-state index contributed by atoms with van der Waals surface area (Å²) in [5.74, 6) is 0.774. The summed E-state index contributed by atoms with van der Waals surface area (Å²) in [4.78, 5) is 37.7. The van der Waals surface area contributed by atoms with Gasteiger partial charge in [-0.3, -0.25) is 14.2 Å². The average molecular weight is 396 g/mol. The van der Waals surface area contributed by atoms with E-state index in [0.717, 1.165) is 10.1 Å². The van der Waals surface area contributed by atoms with Crippen molar-refractivity contribution in [1.82, 2.24) is 14.5 Å². The summed E-state index contributed by atoms with van der Waals surface area (Å²) < 4.78 is 13.3. The number of nitrogens with one attached hydrogen (secondary N) is 1. The van der Waals surface area contributed by atoms with Crippen LogP contribution in [0.4, 0.5) is 0 Å². The fourth-order valence-electron chi connectivity index (χ4n) is 3.73. The molecule has 2 aromatic rings. The van der Waals surface area contributed by atoms with Crippen molar-refractivity contribution in [3.63, 3.8) is 0 Å². The van der Waals surface area contributed by atoms with E-state index in [0.29, 0.717) is 49.8 Å². The number of aromatic nitrogens is 2. The predicted molar refractivity (Wildman–Crippen MR) is 102 cm³/mol. The topological polar surface area (TPSA) is 115 Å². The minimum Gasteiger partial charge on any atom is -0.486 e. The van der Waals surface area contributed by atoms with Gasteiger partial charge in [0.15, 0.2) is 11.5 Å². The molecule has 9 heteroatoms. The van der Waals surface area contributed by atoms with E-state index < -0.39 is 23.7 Å². The van der Waals surface area contributed by atoms with Crippen LogP contribution in [-0.2, 0) is 24.3 Å². The lowest BCUT2D eigenvalue weighted by Crippen LogP contribution is -2.45. The van der Waals surface area contributed by atoms with Gasteiger partial charge in [0.2, 0.25) is 5.91 Å². The van der Waals surface area contributed by atoms with E-state index in [1.54, 1.807) is 19.1 Å². The molecule has 3 heterocycles. The zero-order chi connectivity index (χ0) is 20.5. The minimum absolute atomic E-state index is 0.0604. The third-order valence-electron chi connectivity index (χ3n) is 5.19. The molecule has 29 heavy (non-hydrogen) atoms. The maximum Gasteiger partial charge on any atom is 0.331 e. The van der Waals surface area contributed by atoms with Crippen LogP contribution < -0.4 is 26.0 Å². The number of hydrogen-bond acceptors (Lipinski definition) is 6. The summed E-state index contributed by atoms with van der Waals surface area (Å²) in [6, 6.07) is 6.91. The molecule has 9 nitrogen and oxygen atoms in total. The number of rotatable bonds is 4. The number of nitrogens with zero attached hydrogens (tertiary/aromatic N) is 3. The first-order chi connectivity index (χ1) is 14.0. The molecule has 0 unspecified atom stereocenters. The van der Waals surface area contributed by atoms with Gasteiger partial charge >= 0.3 is 5.69 Å². The SMILES string of the molecule is C[C@@H](NC(=O)Cn1c(=O)c(C#N)c2n(c1=O)CCC2)c1ccc2c(c1)OCCO2. The highest BCUT2D eigenvalue weighted by molar-refractivity contribution is 5.76. The van der Waals surface area contributed by atoms with Crippen molar-refractivity contribution >= 4 is 5.91 Å². The molecule has 0 fully saturated rings. The van der Waals surface area contributed by atoms with E-state index in [-0.39, 0.29) is 11.6 Å². The summed E-state index contributed by atoms with van der Waals surface area (Å²) in [5.41, 5.74) is -0.0617. The molecule has 2 aliphatic heterocycles. The highest BCUT2D eigenvalue weighted by atomic mass is 16.6. The smallest absolute Gasteiger partial charge is 0.331 e. The molecular weight excluding hydrogens is 376 g/mol. The van der Waals surface area contributed by atoms with Crippen molar-refractivity contribution in [3.8, 4) is 17.6 Å². The summed E-state index contributed by atoms with van der Waals surface area (Å²) in [7, 11) is 0. The van der Waals surface area contributed by atoms with Gasteiger partial charge in [0, 0.05) is 12.2 Å². The molecule has 1 atom stereocenters. The molecule has 1 amide bonds. The number of fused-ring (bicyclic) bond motifs is 2. The quantitative estimate of drug-likeness (QED) is 0.804. The lowest BCUT2D eigenvalue weighted by atomic mass is 10.1. The number of benzene rings is 1. The van der Waals surface area contributed by atoms with Gasteiger partial charge in [-0.1, -0.05) is 6.07 Å². The van der Waals surface area contributed by atoms with Crippen molar-refractivity contribution in [2.45, 2.75) is 38.9 Å². The summed E-state index contributed by atoms with van der Waals surface area (Å²) in [5, 5.41) is 12.1. The number of carbonyl (C=O) groups is 1. The molecule has 2 aliphatic rings. The Hall–Kier alpha value is -3.54. The fraction of sp³-hybridized carbons (Fsp3) is 0.400. The lowest BCUT2D eigenvalue weighted by Gasteiger charge is -2.21. The molecule has 150 valence electrons. The standard InChI is InChI=1S/C20H20N4O5/c1-12(13-4-5-16-17(9-13)29-8-7-28-16)22-18(25)11-24-19(26)14(10-21)15-3-2-6-23(15)20(24)27/h4-5,9,12H,2-3,6-8,11H2,1H3,(H,22,25)/t12-/m1/s1. The van der Waals surface area contributed by atoms with Crippen molar-refractivity contribution in [2.75, 3.05) is 13.2 Å². The van der Waals surface area contributed by atoms with Crippen molar-refractivity contribution in [3.05, 3.63) is 55.9 Å². The molecule has 1 aromatic heterocycles. The van der Waals surface area contributed by atoms with Gasteiger partial charge in [-0.2, -0.15) is 5.26 Å². The van der Waals surface area contributed by atoms with Crippen LogP contribution in [0.25, 0.3) is 0 Å². The molecule has 4 rings (SSSR count). The summed E-state index contributed by atoms with van der Waals surface area (Å²) >= 11 is 0. The second kappa shape index (κ2) is 7.47. The highest BCUT2D eigenvalue weighted by Crippen LogP contribution is 2.32. The fourth-order valence-corrected chi connectivity index (χ4v) is 3.73. The number of hydrogen-bond donors (Lipinski definition) is 1. The summed E-state index contributed by atoms with van der Waals surface area (Å²) in [6.45, 7) is 2.75. The number of carbonyl (C=O) groups excluding carboxylic acids is 1. The van der Waals surface area contributed by atoms with Crippen LogP contribution in [0.1, 0.15) is 36.2 Å². The Morgan fingerprint density at radius 3 is 2.79 bits per heavy atom. The van der Waals surface area contributed by atoms with E-state index >= 15 is 0 Å². The van der Waals surface area contributed by atoms with Crippen LogP contribution in [0, 0.1) is 11.3 Å². The Kier molecular flexibility index (Phi) is 4.84. The molecule has 0 bridgehead atoms. The van der Waals surface area contributed by atoms with Crippen LogP contribution >= 0.6 is 0 Å². The molecule has 0 radical (unpaired) electrons. The number of nitriles is 1. The van der Waals surface area contributed by atoms with E-state index in [4.69, 9.17) is 9.47 Å². The predicted octanol–water partition coefficient (Wildman–Crippen LogP) is 0.476. The Balaban J connectivity index is 1.54. The molecule has 1 N–H and O–H groups in total. The maximum atomic E-state index is 12.6. The Labute approximate surface area is 166 Å². The van der Waals surface area contributed by atoms with Gasteiger partial charge in [-0.05, 0) is 37.5 Å². The molecule has 0 aliphatic carbocycles. The van der Waals surface area contributed by atoms with E-state index in [1.165, 1.54) is 4.57 Å². The van der Waals surface area contributed by atoms with Crippen molar-refractivity contribution < 1.29 is 14.3 Å². The third-order valence-corrected chi connectivity index (χ3v) is 5.19. The Morgan fingerprint density at radius 1 is 1.28 bits per heavy atom. The van der Waals surface area contributed by atoms with Gasteiger partial charge in [-0.25, -0.2) is 9.36 Å². The summed E-state index contributed by atoms with van der Waals surface area (Å²) in [6.07, 6.45) is 1.21. The first kappa shape index (κ1) is 18.8. The maximum absolute atomic E-state index is 12.6. The molecule has 0 saturated heterocycles. The zero-order valence-corrected chi connectivity index (χ0v) is 15.9. The van der Waals surface area contributed by atoms with Crippen LogP contribution in [-0.4, -0.2) is 28.3 Å². The monoisotopic (exact) mass is 396 g/mol. The van der Waals surface area contributed by atoms with Crippen LogP contribution in [0.5, 0.6) is 11.5 Å². The van der Waals surface area contributed by atoms with Gasteiger partial charge in [-0.15, -0.1) is 0 Å². The number of amides is 1. The van der Waals surface area contributed by atoms with Gasteiger partial charge in [0.05, 0.1) is 6.04 Å². The molecule has 0 saturated carbocycles. The lowest BCUT2D eigenvalue weighted by molar-refractivity contribution is -0.122. The van der Waals surface area contributed by atoms with Crippen molar-refractivity contribution in [1.29, 1.82) is 5.26 Å². The largest absolute Gasteiger partial charge is 0.486 e. The second-order valence-electron chi connectivity index (χ2n) is 7.05. The molecular formula is C20H20N4O5. The van der Waals surface area contributed by atoms with Gasteiger partial charge in [0.1, 0.15) is 31.4 Å². The van der Waals surface area contributed by atoms with E-state index in [9.17, 15) is 19.6 Å². The van der Waals surface area contributed by atoms with E-state index in [1.807, 2.05) is 12.1 Å². The normalized spacial score (nSPS) is 15.3. The van der Waals surface area contributed by atoms with Crippen molar-refractivity contribution in [2.24, 2.45) is 0 Å². The van der Waals surface area contributed by atoms with Gasteiger partial charge in [0.25, 0.3) is 5.56 Å². The second-order valence-corrected chi connectivity index (χ2v) is 7.05. The van der Waals surface area contributed by atoms with E-state index in [2.05, 4.69) is 5.32 Å². The van der Waals surface area contributed by atoms with Crippen LogP contribution in [0.3, 0.4) is 0 Å². The Bertz CT molecular complexity index is 1140. The minimum atomic E-state index is -0.715. The zero-order valence-electron chi connectivity index (χ0n) is 15.9. The Morgan fingerprint density at radius 2 is 2.03 bits per heavy atom. The van der Waals surface area contributed by atoms with Crippen LogP contribution in [0.15, 0.2) is 27.8 Å². The third kappa shape index (κ3) is 3.38. The van der Waals surface area contributed by atoms with Crippen LogP contribution in [0.2, 0.25) is 0 Å². The molecule has 1 aromatic carbocycles. The molecule has 0 spiro atoms. The first-order valence-corrected chi connectivity index (χ1v) is 9.45. The average Bonchev–Trinajstić information content (AvgIpc) is 3.21. The highest BCUT2D eigenvalue weighted by Gasteiger charge is 2.24.